The molecule has 6 nitrogen and oxygen atoms in total. The number of amides is 1. The number of non-ortho nitro benzene ring substituents is 1. The lowest BCUT2D eigenvalue weighted by Gasteiger charge is -2.25. The number of hydrogen-bond donors (Lipinski definition) is 0. The van der Waals surface area contributed by atoms with Crippen molar-refractivity contribution in [3.63, 3.8) is 0 Å². The topological polar surface area (TPSA) is 76.3 Å². The number of nitrogens with zero attached hydrogens (tertiary/aromatic N) is 3. The van der Waals surface area contributed by atoms with Gasteiger partial charge in [0.1, 0.15) is 5.82 Å². The second-order valence-electron chi connectivity index (χ2n) is 5.13. The Morgan fingerprint density at radius 1 is 1.27 bits per heavy atom. The molecule has 112 valence electrons. The summed E-state index contributed by atoms with van der Waals surface area (Å²) in [6.07, 6.45) is 1.64. The van der Waals surface area contributed by atoms with Crippen molar-refractivity contribution in [2.75, 3.05) is 4.90 Å². The largest absolute Gasteiger partial charge is 0.289 e. The average molecular weight is 315 g/mol. The number of nitro groups is 1. The molecule has 0 fully saturated rings. The van der Waals surface area contributed by atoms with Crippen molar-refractivity contribution in [1.82, 2.24) is 4.98 Å². The number of rotatable bonds is 2. The molecule has 7 heteroatoms. The van der Waals surface area contributed by atoms with E-state index >= 15 is 0 Å². The number of benzene rings is 1. The van der Waals surface area contributed by atoms with Gasteiger partial charge in [-0.1, -0.05) is 11.8 Å². The number of nitro benzene ring substituents is 1. The molecular weight excluding hydrogens is 302 g/mol. The van der Waals surface area contributed by atoms with E-state index in [1.165, 1.54) is 23.9 Å². The van der Waals surface area contributed by atoms with E-state index in [1.54, 1.807) is 17.2 Å². The molecule has 0 spiro atoms. The van der Waals surface area contributed by atoms with Crippen molar-refractivity contribution in [3.05, 3.63) is 52.2 Å². The predicted molar refractivity (Wildman–Crippen MR) is 83.4 cm³/mol. The number of fused-ring (bicyclic) bond motifs is 2. The van der Waals surface area contributed by atoms with E-state index in [-0.39, 0.29) is 17.6 Å². The molecule has 1 aliphatic heterocycles. The van der Waals surface area contributed by atoms with Gasteiger partial charge in [-0.05, 0) is 32.0 Å². The molecule has 0 bridgehead atoms. The first-order chi connectivity index (χ1) is 10.5. The maximum Gasteiger partial charge on any atom is 0.270 e. The lowest BCUT2D eigenvalue weighted by molar-refractivity contribution is -0.384. The molecule has 0 N–H and O–H groups in total. The SMILES string of the molecule is CC(C)N1C(=O)c2cc([N+](=O)[O-])ccc2Sc2cccnc21. The van der Waals surface area contributed by atoms with E-state index in [9.17, 15) is 14.9 Å². The number of carbonyl (C=O) groups is 1. The van der Waals surface area contributed by atoms with Crippen LogP contribution in [-0.4, -0.2) is 21.9 Å². The highest BCUT2D eigenvalue weighted by atomic mass is 32.2. The van der Waals surface area contributed by atoms with Crippen molar-refractivity contribution < 1.29 is 9.72 Å². The number of carbonyl (C=O) groups excluding carboxylic acids is 1. The Kier molecular flexibility index (Phi) is 3.58. The summed E-state index contributed by atoms with van der Waals surface area (Å²) in [6, 6.07) is 7.98. The van der Waals surface area contributed by atoms with Gasteiger partial charge in [-0.3, -0.25) is 19.8 Å². The standard InChI is InChI=1S/C15H13N3O3S/c1-9(2)17-14-13(4-3-7-16-14)22-12-6-5-10(18(20)21)8-11(12)15(17)19/h3-9H,1-2H3. The molecule has 0 atom stereocenters. The van der Waals surface area contributed by atoms with Gasteiger partial charge in [-0.15, -0.1) is 0 Å². The smallest absolute Gasteiger partial charge is 0.270 e. The minimum Gasteiger partial charge on any atom is -0.289 e. The van der Waals surface area contributed by atoms with Crippen LogP contribution in [-0.2, 0) is 0 Å². The monoisotopic (exact) mass is 315 g/mol. The van der Waals surface area contributed by atoms with Crippen LogP contribution in [0.4, 0.5) is 11.5 Å². The van der Waals surface area contributed by atoms with Crippen LogP contribution in [0.2, 0.25) is 0 Å². The van der Waals surface area contributed by atoms with Crippen LogP contribution in [0.5, 0.6) is 0 Å². The summed E-state index contributed by atoms with van der Waals surface area (Å²) in [6.45, 7) is 3.78. The molecule has 1 amide bonds. The van der Waals surface area contributed by atoms with Gasteiger partial charge < -0.3 is 0 Å². The summed E-state index contributed by atoms with van der Waals surface area (Å²) >= 11 is 1.40. The van der Waals surface area contributed by atoms with Crippen LogP contribution in [0.1, 0.15) is 24.2 Å². The summed E-state index contributed by atoms with van der Waals surface area (Å²) < 4.78 is 0. The molecule has 0 saturated heterocycles. The van der Waals surface area contributed by atoms with Gasteiger partial charge in [0.25, 0.3) is 11.6 Å². The van der Waals surface area contributed by atoms with E-state index in [4.69, 9.17) is 0 Å². The Morgan fingerprint density at radius 3 is 2.73 bits per heavy atom. The lowest BCUT2D eigenvalue weighted by Crippen LogP contribution is -2.37. The van der Waals surface area contributed by atoms with Crippen molar-refractivity contribution >= 4 is 29.2 Å². The Balaban J connectivity index is 2.22. The fraction of sp³-hybridized carbons (Fsp3) is 0.200. The highest BCUT2D eigenvalue weighted by Crippen LogP contribution is 2.41. The number of hydrogen-bond acceptors (Lipinski definition) is 5. The summed E-state index contributed by atoms with van der Waals surface area (Å²) in [7, 11) is 0. The molecular formula is C15H13N3O3S. The van der Waals surface area contributed by atoms with Crippen molar-refractivity contribution in [3.8, 4) is 0 Å². The lowest BCUT2D eigenvalue weighted by atomic mass is 10.1. The molecule has 2 aromatic rings. The maximum absolute atomic E-state index is 12.9. The molecule has 2 heterocycles. The third-order valence-electron chi connectivity index (χ3n) is 3.34. The average Bonchev–Trinajstić information content (AvgIpc) is 2.60. The number of aromatic nitrogens is 1. The zero-order valence-electron chi connectivity index (χ0n) is 12.0. The summed E-state index contributed by atoms with van der Waals surface area (Å²) in [5.74, 6) is 0.324. The molecule has 1 aromatic carbocycles. The molecule has 1 aromatic heterocycles. The molecule has 0 radical (unpaired) electrons. The molecule has 22 heavy (non-hydrogen) atoms. The second-order valence-corrected chi connectivity index (χ2v) is 6.22. The van der Waals surface area contributed by atoms with Crippen LogP contribution < -0.4 is 4.90 Å². The zero-order chi connectivity index (χ0) is 15.9. The van der Waals surface area contributed by atoms with E-state index in [1.807, 2.05) is 26.0 Å². The van der Waals surface area contributed by atoms with Gasteiger partial charge in [0.2, 0.25) is 0 Å². The fourth-order valence-corrected chi connectivity index (χ4v) is 3.37. The van der Waals surface area contributed by atoms with Gasteiger partial charge in [-0.2, -0.15) is 0 Å². The Bertz CT molecular complexity index is 776. The van der Waals surface area contributed by atoms with Crippen LogP contribution in [0.15, 0.2) is 46.3 Å². The Morgan fingerprint density at radius 2 is 2.05 bits per heavy atom. The first-order valence-electron chi connectivity index (χ1n) is 6.74. The molecule has 0 saturated carbocycles. The quantitative estimate of drug-likeness (QED) is 0.626. The normalized spacial score (nSPS) is 13.6. The second kappa shape index (κ2) is 5.42. The fourth-order valence-electron chi connectivity index (χ4n) is 2.35. The first-order valence-corrected chi connectivity index (χ1v) is 7.55. The summed E-state index contributed by atoms with van der Waals surface area (Å²) in [5.41, 5.74) is 0.251. The van der Waals surface area contributed by atoms with Gasteiger partial charge in [0.15, 0.2) is 0 Å². The Hall–Kier alpha value is -2.41. The van der Waals surface area contributed by atoms with E-state index in [0.29, 0.717) is 16.3 Å². The maximum atomic E-state index is 12.9. The third-order valence-corrected chi connectivity index (χ3v) is 4.45. The van der Waals surface area contributed by atoms with Gasteiger partial charge in [-0.25, -0.2) is 4.98 Å². The first kappa shape index (κ1) is 14.5. The highest BCUT2D eigenvalue weighted by molar-refractivity contribution is 7.99. The molecule has 0 aliphatic carbocycles. The van der Waals surface area contributed by atoms with E-state index < -0.39 is 4.92 Å². The molecule has 0 unspecified atom stereocenters. The molecule has 1 aliphatic rings. The molecule has 3 rings (SSSR count). The van der Waals surface area contributed by atoms with Gasteiger partial charge in [0.05, 0.1) is 15.4 Å². The summed E-state index contributed by atoms with van der Waals surface area (Å²) in [5, 5.41) is 11.0. The van der Waals surface area contributed by atoms with Gasteiger partial charge >= 0.3 is 0 Å². The van der Waals surface area contributed by atoms with Crippen molar-refractivity contribution in [2.45, 2.75) is 29.7 Å². The minimum atomic E-state index is -0.492. The van der Waals surface area contributed by atoms with Crippen LogP contribution in [0.3, 0.4) is 0 Å². The van der Waals surface area contributed by atoms with Crippen molar-refractivity contribution in [1.29, 1.82) is 0 Å². The van der Waals surface area contributed by atoms with E-state index in [2.05, 4.69) is 4.98 Å². The summed E-state index contributed by atoms with van der Waals surface area (Å²) in [4.78, 5) is 30.8. The van der Waals surface area contributed by atoms with Crippen LogP contribution in [0, 0.1) is 10.1 Å². The van der Waals surface area contributed by atoms with E-state index in [0.717, 1.165) is 4.90 Å². The van der Waals surface area contributed by atoms with Crippen LogP contribution in [0.25, 0.3) is 0 Å². The third kappa shape index (κ3) is 2.33. The highest BCUT2D eigenvalue weighted by Gasteiger charge is 2.31. The zero-order valence-corrected chi connectivity index (χ0v) is 12.8. The van der Waals surface area contributed by atoms with Crippen LogP contribution >= 0.6 is 11.8 Å². The Labute approximate surface area is 131 Å². The number of anilines is 1. The predicted octanol–water partition coefficient (Wildman–Crippen LogP) is 3.51. The minimum absolute atomic E-state index is 0.0877. The number of pyridine rings is 1. The van der Waals surface area contributed by atoms with Gasteiger partial charge in [0, 0.05) is 29.3 Å². The van der Waals surface area contributed by atoms with Crippen molar-refractivity contribution in [2.24, 2.45) is 0 Å².